The van der Waals surface area contributed by atoms with E-state index < -0.39 is 0 Å². The molecule has 0 radical (unpaired) electrons. The topological polar surface area (TPSA) is 45.2 Å². The second-order valence-corrected chi connectivity index (χ2v) is 7.45. The van der Waals surface area contributed by atoms with Crippen LogP contribution in [0.5, 0.6) is 0 Å². The standard InChI is InChI=1S/C24H22ClN3O/c25-22-9-6-18(7-10-22)16-26-23-11-8-21(17-27-23)24(29)28-14-12-20(13-15-28)19-4-2-1-3-5-19/h1-12,17H,13-16H2,(H,26,27). The van der Waals surface area contributed by atoms with Crippen molar-refractivity contribution in [3.8, 4) is 0 Å². The largest absolute Gasteiger partial charge is 0.366 e. The van der Waals surface area contributed by atoms with Crippen molar-refractivity contribution >= 4 is 28.9 Å². The molecule has 1 amide bonds. The molecule has 29 heavy (non-hydrogen) atoms. The molecule has 0 saturated carbocycles. The molecule has 0 bridgehead atoms. The van der Waals surface area contributed by atoms with Gasteiger partial charge in [-0.05, 0) is 47.4 Å². The van der Waals surface area contributed by atoms with Gasteiger partial charge in [-0.25, -0.2) is 4.98 Å². The fourth-order valence-electron chi connectivity index (χ4n) is 3.37. The molecule has 1 aromatic heterocycles. The van der Waals surface area contributed by atoms with Crippen molar-refractivity contribution in [2.45, 2.75) is 13.0 Å². The van der Waals surface area contributed by atoms with Gasteiger partial charge in [-0.2, -0.15) is 0 Å². The number of carbonyl (C=O) groups is 1. The molecule has 0 aliphatic carbocycles. The van der Waals surface area contributed by atoms with Crippen LogP contribution in [-0.2, 0) is 6.54 Å². The number of nitrogens with one attached hydrogen (secondary N) is 1. The molecule has 2 heterocycles. The van der Waals surface area contributed by atoms with Crippen LogP contribution in [-0.4, -0.2) is 28.9 Å². The number of pyridine rings is 1. The summed E-state index contributed by atoms with van der Waals surface area (Å²) in [4.78, 5) is 19.0. The molecular weight excluding hydrogens is 382 g/mol. The Kier molecular flexibility index (Phi) is 5.92. The molecule has 0 fully saturated rings. The summed E-state index contributed by atoms with van der Waals surface area (Å²) in [5.74, 6) is 0.756. The third-order valence-corrected chi connectivity index (χ3v) is 5.29. The Hall–Kier alpha value is -3.11. The van der Waals surface area contributed by atoms with Gasteiger partial charge in [0.2, 0.25) is 0 Å². The van der Waals surface area contributed by atoms with E-state index in [1.807, 2.05) is 59.5 Å². The molecule has 146 valence electrons. The highest BCUT2D eigenvalue weighted by Crippen LogP contribution is 2.23. The van der Waals surface area contributed by atoms with E-state index in [-0.39, 0.29) is 5.91 Å². The normalized spacial score (nSPS) is 13.7. The predicted octanol–water partition coefficient (Wildman–Crippen LogP) is 5.28. The van der Waals surface area contributed by atoms with Crippen LogP contribution >= 0.6 is 11.6 Å². The molecule has 0 unspecified atom stereocenters. The fourth-order valence-corrected chi connectivity index (χ4v) is 3.50. The first kappa shape index (κ1) is 19.2. The summed E-state index contributed by atoms with van der Waals surface area (Å²) < 4.78 is 0. The van der Waals surface area contributed by atoms with Crippen molar-refractivity contribution < 1.29 is 4.79 Å². The predicted molar refractivity (Wildman–Crippen MR) is 118 cm³/mol. The highest BCUT2D eigenvalue weighted by Gasteiger charge is 2.19. The first-order valence-corrected chi connectivity index (χ1v) is 10.0. The maximum Gasteiger partial charge on any atom is 0.255 e. The summed E-state index contributed by atoms with van der Waals surface area (Å²) in [6.07, 6.45) is 4.65. The Morgan fingerprint density at radius 2 is 1.83 bits per heavy atom. The van der Waals surface area contributed by atoms with Gasteiger partial charge in [0.05, 0.1) is 5.56 Å². The minimum absolute atomic E-state index is 0.0186. The van der Waals surface area contributed by atoms with Gasteiger partial charge in [0.25, 0.3) is 5.91 Å². The maximum absolute atomic E-state index is 12.8. The zero-order valence-electron chi connectivity index (χ0n) is 16.0. The molecule has 0 spiro atoms. The van der Waals surface area contributed by atoms with Gasteiger partial charge in [0.1, 0.15) is 5.82 Å². The van der Waals surface area contributed by atoms with Gasteiger partial charge in [-0.3, -0.25) is 4.79 Å². The number of nitrogens with zero attached hydrogens (tertiary/aromatic N) is 2. The highest BCUT2D eigenvalue weighted by molar-refractivity contribution is 6.30. The molecule has 1 aliphatic rings. The summed E-state index contributed by atoms with van der Waals surface area (Å²) >= 11 is 5.91. The van der Waals surface area contributed by atoms with Crippen molar-refractivity contribution in [1.29, 1.82) is 0 Å². The quantitative estimate of drug-likeness (QED) is 0.630. The van der Waals surface area contributed by atoms with Crippen molar-refractivity contribution in [3.05, 3.63) is 101 Å². The summed E-state index contributed by atoms with van der Waals surface area (Å²) in [6, 6.07) is 21.7. The minimum atomic E-state index is 0.0186. The first-order valence-electron chi connectivity index (χ1n) is 9.67. The lowest BCUT2D eigenvalue weighted by molar-refractivity contribution is 0.0772. The number of rotatable bonds is 5. The fraction of sp³-hybridized carbons (Fsp3) is 0.167. The molecule has 5 heteroatoms. The number of amides is 1. The Morgan fingerprint density at radius 1 is 1.03 bits per heavy atom. The van der Waals surface area contributed by atoms with Crippen molar-refractivity contribution in [2.75, 3.05) is 18.4 Å². The number of benzene rings is 2. The molecule has 4 nitrogen and oxygen atoms in total. The average molecular weight is 404 g/mol. The second kappa shape index (κ2) is 8.93. The molecule has 2 aromatic carbocycles. The van der Waals surface area contributed by atoms with E-state index in [1.54, 1.807) is 6.20 Å². The molecule has 3 aromatic rings. The van der Waals surface area contributed by atoms with Crippen LogP contribution in [0.1, 0.15) is 27.9 Å². The Labute approximate surface area is 175 Å². The lowest BCUT2D eigenvalue weighted by Crippen LogP contribution is -2.34. The number of halogens is 1. The maximum atomic E-state index is 12.8. The SMILES string of the molecule is O=C(c1ccc(NCc2ccc(Cl)cc2)nc1)N1CC=C(c2ccccc2)CC1. The summed E-state index contributed by atoms with van der Waals surface area (Å²) in [5, 5.41) is 3.98. The number of aromatic nitrogens is 1. The number of anilines is 1. The molecule has 1 aliphatic heterocycles. The zero-order valence-corrected chi connectivity index (χ0v) is 16.8. The van der Waals surface area contributed by atoms with Crippen molar-refractivity contribution in [2.24, 2.45) is 0 Å². The van der Waals surface area contributed by atoms with E-state index in [0.29, 0.717) is 18.7 Å². The van der Waals surface area contributed by atoms with E-state index >= 15 is 0 Å². The van der Waals surface area contributed by atoms with Gasteiger partial charge in [-0.15, -0.1) is 0 Å². The summed E-state index contributed by atoms with van der Waals surface area (Å²) in [6.45, 7) is 1.99. The third-order valence-electron chi connectivity index (χ3n) is 5.04. The van der Waals surface area contributed by atoms with E-state index in [0.717, 1.165) is 29.4 Å². The average Bonchev–Trinajstić information content (AvgIpc) is 2.79. The van der Waals surface area contributed by atoms with E-state index in [9.17, 15) is 4.79 Å². The second-order valence-electron chi connectivity index (χ2n) is 7.01. The minimum Gasteiger partial charge on any atom is -0.366 e. The van der Waals surface area contributed by atoms with E-state index in [2.05, 4.69) is 28.5 Å². The smallest absolute Gasteiger partial charge is 0.255 e. The number of carbonyl (C=O) groups excluding carboxylic acids is 1. The lowest BCUT2D eigenvalue weighted by atomic mass is 9.99. The van der Waals surface area contributed by atoms with Gasteiger partial charge in [-0.1, -0.05) is 60.1 Å². The van der Waals surface area contributed by atoms with Crippen LogP contribution in [0, 0.1) is 0 Å². The summed E-state index contributed by atoms with van der Waals surface area (Å²) in [7, 11) is 0. The highest BCUT2D eigenvalue weighted by atomic mass is 35.5. The van der Waals surface area contributed by atoms with Crippen LogP contribution in [0.3, 0.4) is 0 Å². The van der Waals surface area contributed by atoms with Crippen LogP contribution in [0.2, 0.25) is 5.02 Å². The van der Waals surface area contributed by atoms with E-state index in [1.165, 1.54) is 11.1 Å². The van der Waals surface area contributed by atoms with Gasteiger partial charge >= 0.3 is 0 Å². The van der Waals surface area contributed by atoms with Crippen LogP contribution in [0.15, 0.2) is 79.0 Å². The van der Waals surface area contributed by atoms with Gasteiger partial charge in [0.15, 0.2) is 0 Å². The van der Waals surface area contributed by atoms with E-state index in [4.69, 9.17) is 11.6 Å². The zero-order chi connectivity index (χ0) is 20.1. The number of hydrogen-bond donors (Lipinski definition) is 1. The molecule has 1 N–H and O–H groups in total. The van der Waals surface area contributed by atoms with Gasteiger partial charge in [0, 0.05) is 30.9 Å². The molecular formula is C24H22ClN3O. The van der Waals surface area contributed by atoms with Crippen LogP contribution in [0.25, 0.3) is 5.57 Å². The number of hydrogen-bond acceptors (Lipinski definition) is 3. The Morgan fingerprint density at radius 3 is 2.48 bits per heavy atom. The van der Waals surface area contributed by atoms with Crippen LogP contribution < -0.4 is 5.32 Å². The summed E-state index contributed by atoms with van der Waals surface area (Å²) in [5.41, 5.74) is 4.26. The lowest BCUT2D eigenvalue weighted by Gasteiger charge is -2.26. The Balaban J connectivity index is 1.35. The van der Waals surface area contributed by atoms with Crippen molar-refractivity contribution in [3.63, 3.8) is 0 Å². The molecule has 0 saturated heterocycles. The molecule has 4 rings (SSSR count). The van der Waals surface area contributed by atoms with Crippen LogP contribution in [0.4, 0.5) is 5.82 Å². The Bertz CT molecular complexity index is 999. The third kappa shape index (κ3) is 4.84. The monoisotopic (exact) mass is 403 g/mol. The first-order chi connectivity index (χ1) is 14.2. The molecule has 0 atom stereocenters. The van der Waals surface area contributed by atoms with Crippen molar-refractivity contribution in [1.82, 2.24) is 9.88 Å². The van der Waals surface area contributed by atoms with Gasteiger partial charge < -0.3 is 10.2 Å².